The summed E-state index contributed by atoms with van der Waals surface area (Å²) in [6.45, 7) is 7.25. The summed E-state index contributed by atoms with van der Waals surface area (Å²) >= 11 is 0. The van der Waals surface area contributed by atoms with E-state index in [4.69, 9.17) is 4.74 Å². The van der Waals surface area contributed by atoms with Gasteiger partial charge in [0.2, 0.25) is 0 Å². The lowest BCUT2D eigenvalue weighted by atomic mass is 10.1. The molecule has 0 aliphatic carbocycles. The number of ether oxygens (including phenoxy) is 1. The first-order valence-corrected chi connectivity index (χ1v) is 6.24. The van der Waals surface area contributed by atoms with Gasteiger partial charge in [0.15, 0.2) is 11.6 Å². The van der Waals surface area contributed by atoms with Crippen molar-refractivity contribution in [3.05, 3.63) is 0 Å². The van der Waals surface area contributed by atoms with E-state index in [0.717, 1.165) is 12.8 Å². The van der Waals surface area contributed by atoms with Gasteiger partial charge in [0.1, 0.15) is 5.60 Å². The summed E-state index contributed by atoms with van der Waals surface area (Å²) in [6.07, 6.45) is 1.29. The van der Waals surface area contributed by atoms with Crippen molar-refractivity contribution in [3.63, 3.8) is 0 Å². The molecule has 1 saturated heterocycles. The van der Waals surface area contributed by atoms with Gasteiger partial charge < -0.3 is 9.64 Å². The second-order valence-electron chi connectivity index (χ2n) is 5.65. The SMILES string of the molecule is CC(=O)C(=O)CC1CCCN1C(=O)OC(C)(C)C. The van der Waals surface area contributed by atoms with Crippen LogP contribution < -0.4 is 0 Å². The number of ketones is 2. The maximum absolute atomic E-state index is 11.9. The molecule has 0 radical (unpaired) electrons. The van der Waals surface area contributed by atoms with Gasteiger partial charge in [-0.25, -0.2) is 4.79 Å². The van der Waals surface area contributed by atoms with Crippen molar-refractivity contribution in [1.29, 1.82) is 0 Å². The Balaban J connectivity index is 2.62. The Bertz CT molecular complexity index is 356. The molecule has 0 saturated carbocycles. The number of carbonyl (C=O) groups excluding carboxylic acids is 3. The van der Waals surface area contributed by atoms with E-state index < -0.39 is 23.3 Å². The fourth-order valence-electron chi connectivity index (χ4n) is 1.97. The highest BCUT2D eigenvalue weighted by atomic mass is 16.6. The second kappa shape index (κ2) is 5.50. The second-order valence-corrected chi connectivity index (χ2v) is 5.65. The van der Waals surface area contributed by atoms with Gasteiger partial charge in [-0.15, -0.1) is 0 Å². The highest BCUT2D eigenvalue weighted by molar-refractivity contribution is 6.36. The van der Waals surface area contributed by atoms with E-state index in [2.05, 4.69) is 0 Å². The average molecular weight is 255 g/mol. The molecule has 1 aliphatic heterocycles. The van der Waals surface area contributed by atoms with Crippen molar-refractivity contribution in [2.45, 2.75) is 58.6 Å². The largest absolute Gasteiger partial charge is 0.444 e. The molecular weight excluding hydrogens is 234 g/mol. The lowest BCUT2D eigenvalue weighted by Crippen LogP contribution is -2.41. The third-order valence-electron chi connectivity index (χ3n) is 2.82. The van der Waals surface area contributed by atoms with Crippen molar-refractivity contribution < 1.29 is 19.1 Å². The minimum atomic E-state index is -0.547. The number of hydrogen-bond acceptors (Lipinski definition) is 4. The van der Waals surface area contributed by atoms with Crippen LogP contribution in [0.5, 0.6) is 0 Å². The molecule has 1 unspecified atom stereocenters. The first kappa shape index (κ1) is 14.7. The molecule has 0 bridgehead atoms. The third kappa shape index (κ3) is 4.13. The average Bonchev–Trinajstić information content (AvgIpc) is 2.62. The zero-order valence-electron chi connectivity index (χ0n) is 11.5. The molecule has 1 aliphatic rings. The number of likely N-dealkylation sites (tertiary alicyclic amines) is 1. The van der Waals surface area contributed by atoms with Crippen molar-refractivity contribution in [1.82, 2.24) is 4.90 Å². The molecule has 5 nitrogen and oxygen atoms in total. The highest BCUT2D eigenvalue weighted by Gasteiger charge is 2.33. The standard InChI is InChI=1S/C13H21NO4/c1-9(15)11(16)8-10-6-5-7-14(10)12(17)18-13(2,3)4/h10H,5-8H2,1-4H3. The number of rotatable bonds is 3. The lowest BCUT2D eigenvalue weighted by molar-refractivity contribution is -0.135. The normalized spacial score (nSPS) is 19.8. The molecule has 5 heteroatoms. The Kier molecular flexibility index (Phi) is 4.48. The zero-order chi connectivity index (χ0) is 13.9. The Morgan fingerprint density at radius 3 is 2.39 bits per heavy atom. The molecule has 1 atom stereocenters. The van der Waals surface area contributed by atoms with Crippen LogP contribution in [0.3, 0.4) is 0 Å². The number of Topliss-reactive ketones (excluding diaryl/α,β-unsaturated/α-hetero) is 2. The smallest absolute Gasteiger partial charge is 0.410 e. The van der Waals surface area contributed by atoms with E-state index >= 15 is 0 Å². The summed E-state index contributed by atoms with van der Waals surface area (Å²) in [5.74, 6) is -0.874. The summed E-state index contributed by atoms with van der Waals surface area (Å²) in [6, 6.07) is -0.198. The molecule has 1 heterocycles. The molecule has 0 aromatic heterocycles. The van der Waals surface area contributed by atoms with Crippen LogP contribution in [0, 0.1) is 0 Å². The number of carbonyl (C=O) groups is 3. The van der Waals surface area contributed by atoms with Gasteiger partial charge in [-0.2, -0.15) is 0 Å². The predicted molar refractivity (Wildman–Crippen MR) is 66.3 cm³/mol. The Hall–Kier alpha value is -1.39. The molecule has 1 amide bonds. The van der Waals surface area contributed by atoms with E-state index in [9.17, 15) is 14.4 Å². The van der Waals surface area contributed by atoms with Gasteiger partial charge in [0.25, 0.3) is 0 Å². The Labute approximate surface area is 107 Å². The van der Waals surface area contributed by atoms with Gasteiger partial charge in [-0.1, -0.05) is 0 Å². The number of hydrogen-bond donors (Lipinski definition) is 0. The quantitative estimate of drug-likeness (QED) is 0.723. The van der Waals surface area contributed by atoms with Gasteiger partial charge in [0, 0.05) is 25.9 Å². The van der Waals surface area contributed by atoms with Crippen molar-refractivity contribution in [3.8, 4) is 0 Å². The van der Waals surface area contributed by atoms with E-state index in [-0.39, 0.29) is 12.5 Å². The van der Waals surface area contributed by atoms with Crippen molar-refractivity contribution >= 4 is 17.7 Å². The molecule has 102 valence electrons. The Morgan fingerprint density at radius 1 is 1.28 bits per heavy atom. The van der Waals surface area contributed by atoms with E-state index in [1.165, 1.54) is 6.92 Å². The van der Waals surface area contributed by atoms with Crippen LogP contribution in [0.1, 0.15) is 47.0 Å². The van der Waals surface area contributed by atoms with Crippen molar-refractivity contribution in [2.75, 3.05) is 6.54 Å². The maximum Gasteiger partial charge on any atom is 0.410 e. The molecule has 18 heavy (non-hydrogen) atoms. The van der Waals surface area contributed by atoms with Crippen molar-refractivity contribution in [2.24, 2.45) is 0 Å². The molecule has 1 fully saturated rings. The van der Waals surface area contributed by atoms with E-state index in [1.54, 1.807) is 25.7 Å². The first-order valence-electron chi connectivity index (χ1n) is 6.24. The molecule has 0 spiro atoms. The summed E-state index contributed by atoms with van der Waals surface area (Å²) < 4.78 is 5.28. The summed E-state index contributed by atoms with van der Waals surface area (Å²) in [5.41, 5.74) is -0.547. The fraction of sp³-hybridized carbons (Fsp3) is 0.769. The zero-order valence-corrected chi connectivity index (χ0v) is 11.5. The molecule has 1 rings (SSSR count). The van der Waals surface area contributed by atoms with Crippen LogP contribution in [0.2, 0.25) is 0 Å². The first-order chi connectivity index (χ1) is 8.20. The maximum atomic E-state index is 11.9. The van der Waals surface area contributed by atoms with Crippen LogP contribution in [0.15, 0.2) is 0 Å². The van der Waals surface area contributed by atoms with E-state index in [0.29, 0.717) is 6.54 Å². The minimum absolute atomic E-state index is 0.106. The van der Waals surface area contributed by atoms with Gasteiger partial charge in [-0.3, -0.25) is 9.59 Å². The van der Waals surface area contributed by atoms with Crippen LogP contribution >= 0.6 is 0 Å². The molecule has 0 aromatic carbocycles. The topological polar surface area (TPSA) is 63.7 Å². The van der Waals surface area contributed by atoms with Gasteiger partial charge >= 0.3 is 6.09 Å². The van der Waals surface area contributed by atoms with Crippen LogP contribution in [-0.2, 0) is 14.3 Å². The van der Waals surface area contributed by atoms with Gasteiger partial charge in [0.05, 0.1) is 0 Å². The van der Waals surface area contributed by atoms with Crippen LogP contribution in [0.25, 0.3) is 0 Å². The van der Waals surface area contributed by atoms with Crippen LogP contribution in [-0.4, -0.2) is 40.7 Å². The number of amides is 1. The lowest BCUT2D eigenvalue weighted by Gasteiger charge is -2.28. The van der Waals surface area contributed by atoms with E-state index in [1.807, 2.05) is 0 Å². The Morgan fingerprint density at radius 2 is 1.89 bits per heavy atom. The van der Waals surface area contributed by atoms with Gasteiger partial charge in [-0.05, 0) is 33.6 Å². The minimum Gasteiger partial charge on any atom is -0.444 e. The molecule has 0 N–H and O–H groups in total. The predicted octanol–water partition coefficient (Wildman–Crippen LogP) is 1.93. The summed E-state index contributed by atoms with van der Waals surface area (Å²) in [4.78, 5) is 35.9. The van der Waals surface area contributed by atoms with Crippen LogP contribution in [0.4, 0.5) is 4.79 Å². The fourth-order valence-corrected chi connectivity index (χ4v) is 1.97. The summed E-state index contributed by atoms with van der Waals surface area (Å²) in [5, 5.41) is 0. The molecule has 0 aromatic rings. The molecular formula is C13H21NO4. The monoisotopic (exact) mass is 255 g/mol. The number of nitrogens with zero attached hydrogens (tertiary/aromatic N) is 1. The highest BCUT2D eigenvalue weighted by Crippen LogP contribution is 2.23. The summed E-state index contributed by atoms with van der Waals surface area (Å²) in [7, 11) is 0. The third-order valence-corrected chi connectivity index (χ3v) is 2.82.